The van der Waals surface area contributed by atoms with E-state index in [-0.39, 0.29) is 23.9 Å². The fraction of sp³-hybridized carbons (Fsp3) is 0.583. The number of hydrogen-bond acceptors (Lipinski definition) is 9. The molecule has 0 aromatic carbocycles. The van der Waals surface area contributed by atoms with Crippen molar-refractivity contribution in [2.24, 2.45) is 0 Å². The lowest BCUT2D eigenvalue weighted by Crippen LogP contribution is -2.30. The Labute approximate surface area is 143 Å². The van der Waals surface area contributed by atoms with Crippen LogP contribution in [0.15, 0.2) is 4.34 Å². The average Bonchev–Trinajstić information content (AvgIpc) is 2.92. The summed E-state index contributed by atoms with van der Waals surface area (Å²) in [4.78, 5) is 33.6. The zero-order valence-corrected chi connectivity index (χ0v) is 14.8. The number of nitrogens with zero attached hydrogens (tertiary/aromatic N) is 2. The molecule has 0 saturated heterocycles. The zero-order chi connectivity index (χ0) is 18.2. The molecule has 0 aliphatic carbocycles. The minimum atomic E-state index is -4.13. The molecule has 2 N–H and O–H groups in total. The van der Waals surface area contributed by atoms with Crippen LogP contribution < -0.4 is 10.0 Å². The van der Waals surface area contributed by atoms with Gasteiger partial charge in [0.25, 0.3) is 14.4 Å². The Morgan fingerprint density at radius 2 is 1.83 bits per heavy atom. The molecule has 0 aliphatic heterocycles. The Morgan fingerprint density at radius 3 is 2.46 bits per heavy atom. The van der Waals surface area contributed by atoms with E-state index in [9.17, 15) is 22.8 Å². The molecule has 0 saturated carbocycles. The highest BCUT2D eigenvalue weighted by Crippen LogP contribution is 2.19. The highest BCUT2D eigenvalue weighted by molar-refractivity contribution is 7.92. The molecule has 0 unspecified atom stereocenters. The largest absolute Gasteiger partial charge is 0.466 e. The molecular weight excluding hydrogens is 360 g/mol. The van der Waals surface area contributed by atoms with Gasteiger partial charge < -0.3 is 10.1 Å². The molecule has 1 aromatic heterocycles. The summed E-state index contributed by atoms with van der Waals surface area (Å²) in [6.07, 6.45) is 0.867. The van der Waals surface area contributed by atoms with Gasteiger partial charge in [0.1, 0.15) is 0 Å². The highest BCUT2D eigenvalue weighted by atomic mass is 32.2. The first kappa shape index (κ1) is 20.0. The first-order chi connectivity index (χ1) is 11.2. The van der Waals surface area contributed by atoms with Crippen molar-refractivity contribution in [1.29, 1.82) is 0 Å². The van der Waals surface area contributed by atoms with Gasteiger partial charge in [-0.1, -0.05) is 11.3 Å². The second-order valence-electron chi connectivity index (χ2n) is 4.60. The summed E-state index contributed by atoms with van der Waals surface area (Å²) in [6, 6.07) is 0. The quantitative estimate of drug-likeness (QED) is 0.357. The molecule has 0 fully saturated rings. The number of carbonyl (C=O) groups is 3. The zero-order valence-electron chi connectivity index (χ0n) is 13.2. The summed E-state index contributed by atoms with van der Waals surface area (Å²) < 4.78 is 30.1. The SMILES string of the molecule is CCOC(=O)CCCCC(=O)NS(=O)(=O)c1nnc(NC(C)=O)s1. The maximum atomic E-state index is 12.0. The van der Waals surface area contributed by atoms with Gasteiger partial charge in [-0.2, -0.15) is 8.42 Å². The predicted octanol–water partition coefficient (Wildman–Crippen LogP) is 0.425. The van der Waals surface area contributed by atoms with Crippen molar-refractivity contribution in [3.63, 3.8) is 0 Å². The van der Waals surface area contributed by atoms with Gasteiger partial charge in [-0.25, -0.2) is 4.72 Å². The maximum Gasteiger partial charge on any atom is 0.305 e. The van der Waals surface area contributed by atoms with Crippen LogP contribution in [-0.4, -0.2) is 43.0 Å². The van der Waals surface area contributed by atoms with Crippen LogP contribution in [0.2, 0.25) is 0 Å². The van der Waals surface area contributed by atoms with Crippen molar-refractivity contribution in [3.05, 3.63) is 0 Å². The molecule has 1 rings (SSSR count). The second kappa shape index (κ2) is 9.27. The number of sulfonamides is 1. The fourth-order valence-corrected chi connectivity index (χ4v) is 3.51. The van der Waals surface area contributed by atoms with Crippen molar-refractivity contribution >= 4 is 44.3 Å². The number of carbonyl (C=O) groups excluding carboxylic acids is 3. The number of ether oxygens (including phenoxy) is 1. The monoisotopic (exact) mass is 378 g/mol. The third-order valence-corrected chi connectivity index (χ3v) is 5.09. The van der Waals surface area contributed by atoms with Gasteiger partial charge in [-0.15, -0.1) is 10.2 Å². The minimum Gasteiger partial charge on any atom is -0.466 e. The topological polar surface area (TPSA) is 144 Å². The Kier molecular flexibility index (Phi) is 7.71. The molecule has 2 amide bonds. The molecule has 0 spiro atoms. The van der Waals surface area contributed by atoms with E-state index in [1.54, 1.807) is 6.92 Å². The van der Waals surface area contributed by atoms with Crippen molar-refractivity contribution in [1.82, 2.24) is 14.9 Å². The van der Waals surface area contributed by atoms with Crippen molar-refractivity contribution in [2.45, 2.75) is 43.9 Å². The molecule has 0 atom stereocenters. The van der Waals surface area contributed by atoms with Crippen molar-refractivity contribution < 1.29 is 27.5 Å². The molecule has 24 heavy (non-hydrogen) atoms. The third kappa shape index (κ3) is 7.00. The third-order valence-electron chi connectivity index (χ3n) is 2.51. The number of nitrogens with one attached hydrogen (secondary N) is 2. The summed E-state index contributed by atoms with van der Waals surface area (Å²) >= 11 is 0.630. The van der Waals surface area contributed by atoms with E-state index in [2.05, 4.69) is 15.5 Å². The molecule has 12 heteroatoms. The lowest BCUT2D eigenvalue weighted by atomic mass is 10.2. The Balaban J connectivity index is 2.46. The van der Waals surface area contributed by atoms with Gasteiger partial charge in [0, 0.05) is 19.8 Å². The van der Waals surface area contributed by atoms with Gasteiger partial charge in [-0.05, 0) is 19.8 Å². The van der Waals surface area contributed by atoms with Crippen LogP contribution in [0, 0.1) is 0 Å². The number of aromatic nitrogens is 2. The van der Waals surface area contributed by atoms with Crippen LogP contribution in [0.25, 0.3) is 0 Å². The van der Waals surface area contributed by atoms with Crippen LogP contribution >= 0.6 is 11.3 Å². The molecule has 0 bridgehead atoms. The van der Waals surface area contributed by atoms with Gasteiger partial charge >= 0.3 is 5.97 Å². The number of unbranched alkanes of at least 4 members (excludes halogenated alkanes) is 1. The number of amides is 2. The first-order valence-electron chi connectivity index (χ1n) is 7.07. The Morgan fingerprint density at radius 1 is 1.17 bits per heavy atom. The number of esters is 1. The highest BCUT2D eigenvalue weighted by Gasteiger charge is 2.23. The lowest BCUT2D eigenvalue weighted by molar-refractivity contribution is -0.143. The molecular formula is C12H18N4O6S2. The summed E-state index contributed by atoms with van der Waals surface area (Å²) in [7, 11) is -4.13. The molecule has 1 aromatic rings. The molecule has 134 valence electrons. The Hall–Kier alpha value is -2.08. The van der Waals surface area contributed by atoms with Crippen LogP contribution in [0.1, 0.15) is 39.5 Å². The summed E-state index contributed by atoms with van der Waals surface area (Å²) in [5.74, 6) is -1.49. The van der Waals surface area contributed by atoms with Crippen LogP contribution in [0.5, 0.6) is 0 Å². The lowest BCUT2D eigenvalue weighted by Gasteiger charge is -2.04. The van der Waals surface area contributed by atoms with Crippen molar-refractivity contribution in [2.75, 3.05) is 11.9 Å². The van der Waals surface area contributed by atoms with E-state index in [0.29, 0.717) is 30.8 Å². The predicted molar refractivity (Wildman–Crippen MR) is 84.6 cm³/mol. The number of hydrogen-bond donors (Lipinski definition) is 2. The molecule has 0 radical (unpaired) electrons. The minimum absolute atomic E-state index is 0.0183. The van der Waals surface area contributed by atoms with Crippen LogP contribution in [0.4, 0.5) is 5.13 Å². The normalized spacial score (nSPS) is 10.9. The standard InChI is InChI=1S/C12H18N4O6S2/c1-3-22-10(19)7-5-4-6-9(18)16-24(20,21)12-15-14-11(23-12)13-8(2)17/h3-7H2,1-2H3,(H,16,18)(H,13,14,17). The van der Waals surface area contributed by atoms with E-state index in [0.717, 1.165) is 0 Å². The van der Waals surface area contributed by atoms with Gasteiger partial charge in [0.2, 0.25) is 16.9 Å². The fourth-order valence-electron chi connectivity index (χ4n) is 1.55. The average molecular weight is 378 g/mol. The van der Waals surface area contributed by atoms with Gasteiger partial charge in [0.05, 0.1) is 6.61 Å². The summed E-state index contributed by atoms with van der Waals surface area (Å²) in [5.41, 5.74) is 0. The van der Waals surface area contributed by atoms with Gasteiger partial charge in [-0.3, -0.25) is 14.4 Å². The van der Waals surface area contributed by atoms with Gasteiger partial charge in [0.15, 0.2) is 0 Å². The maximum absolute atomic E-state index is 12.0. The number of anilines is 1. The molecule has 0 aliphatic rings. The van der Waals surface area contributed by atoms with Crippen molar-refractivity contribution in [3.8, 4) is 0 Å². The van der Waals surface area contributed by atoms with E-state index in [1.807, 2.05) is 4.72 Å². The molecule has 1 heterocycles. The summed E-state index contributed by atoms with van der Waals surface area (Å²) in [5, 5.41) is 9.24. The van der Waals surface area contributed by atoms with E-state index < -0.39 is 26.2 Å². The van der Waals surface area contributed by atoms with E-state index >= 15 is 0 Å². The van der Waals surface area contributed by atoms with Crippen LogP contribution in [0.3, 0.4) is 0 Å². The number of rotatable bonds is 9. The Bertz CT molecular complexity index is 700. The second-order valence-corrected chi connectivity index (χ2v) is 7.43. The first-order valence-corrected chi connectivity index (χ1v) is 9.37. The summed E-state index contributed by atoms with van der Waals surface area (Å²) in [6.45, 7) is 3.23. The van der Waals surface area contributed by atoms with E-state index in [1.165, 1.54) is 6.92 Å². The van der Waals surface area contributed by atoms with E-state index in [4.69, 9.17) is 4.74 Å². The van der Waals surface area contributed by atoms with Crippen LogP contribution in [-0.2, 0) is 29.1 Å². The smallest absolute Gasteiger partial charge is 0.305 e. The molecule has 10 nitrogen and oxygen atoms in total.